The van der Waals surface area contributed by atoms with E-state index in [9.17, 15) is 18.0 Å². The number of benzene rings is 1. The van der Waals surface area contributed by atoms with E-state index < -0.39 is 16.1 Å². The third-order valence-electron chi connectivity index (χ3n) is 4.84. The van der Waals surface area contributed by atoms with Gasteiger partial charge in [0.25, 0.3) is 0 Å². The van der Waals surface area contributed by atoms with E-state index in [1.807, 2.05) is 0 Å². The normalized spacial score (nSPS) is 21.6. The zero-order valence-corrected chi connectivity index (χ0v) is 16.4. The molecule has 0 radical (unpaired) electrons. The lowest BCUT2D eigenvalue weighted by Crippen LogP contribution is -2.48. The van der Waals surface area contributed by atoms with Gasteiger partial charge in [-0.1, -0.05) is 0 Å². The molecule has 1 aromatic rings. The van der Waals surface area contributed by atoms with Crippen molar-refractivity contribution < 1.29 is 18.0 Å². The highest BCUT2D eigenvalue weighted by Crippen LogP contribution is 2.29. The molecule has 0 spiro atoms. The Morgan fingerprint density at radius 3 is 2.41 bits per heavy atom. The maximum absolute atomic E-state index is 12.5. The zero-order valence-electron chi connectivity index (χ0n) is 15.6. The lowest BCUT2D eigenvalue weighted by atomic mass is 10.2. The molecule has 2 atom stereocenters. The Kier molecular flexibility index (Phi) is 5.83. The Morgan fingerprint density at radius 2 is 1.81 bits per heavy atom. The zero-order chi connectivity index (χ0) is 19.6. The number of carbonyl (C=O) groups excluding carboxylic acids is 2. The van der Waals surface area contributed by atoms with E-state index in [1.54, 1.807) is 0 Å². The van der Waals surface area contributed by atoms with Gasteiger partial charge in [0, 0.05) is 37.8 Å². The molecule has 1 aromatic carbocycles. The van der Waals surface area contributed by atoms with E-state index in [0.717, 1.165) is 19.5 Å². The van der Waals surface area contributed by atoms with Gasteiger partial charge in [-0.25, -0.2) is 8.42 Å². The van der Waals surface area contributed by atoms with Gasteiger partial charge in [0.15, 0.2) is 0 Å². The summed E-state index contributed by atoms with van der Waals surface area (Å²) in [5.41, 5.74) is 0.508. The minimum Gasteiger partial charge on any atom is -0.351 e. The predicted octanol–water partition coefficient (Wildman–Crippen LogP) is 0.665. The fourth-order valence-corrected chi connectivity index (χ4v) is 4.48. The van der Waals surface area contributed by atoms with Crippen LogP contribution in [-0.4, -0.2) is 56.3 Å². The van der Waals surface area contributed by atoms with Gasteiger partial charge in [0.2, 0.25) is 21.8 Å². The highest BCUT2D eigenvalue weighted by atomic mass is 32.2. The fraction of sp³-hybridized carbons (Fsp3) is 0.556. The van der Waals surface area contributed by atoms with Gasteiger partial charge in [-0.05, 0) is 50.5 Å². The van der Waals surface area contributed by atoms with Crippen molar-refractivity contribution in [2.45, 2.75) is 56.1 Å². The number of nitrogens with zero attached hydrogens (tertiary/aromatic N) is 1. The summed E-state index contributed by atoms with van der Waals surface area (Å²) in [6, 6.07) is 5.66. The number of nitrogens with one attached hydrogen (secondary N) is 3. The Hall–Kier alpha value is -1.97. The largest absolute Gasteiger partial charge is 0.351 e. The Bertz CT molecular complexity index is 805. The molecule has 148 valence electrons. The van der Waals surface area contributed by atoms with Crippen molar-refractivity contribution in [2.24, 2.45) is 0 Å². The van der Waals surface area contributed by atoms with Crippen LogP contribution >= 0.6 is 0 Å². The van der Waals surface area contributed by atoms with Crippen LogP contribution in [-0.2, 0) is 19.6 Å². The van der Waals surface area contributed by atoms with Crippen LogP contribution in [0.2, 0.25) is 0 Å². The van der Waals surface area contributed by atoms with Crippen LogP contribution < -0.4 is 15.4 Å². The quantitative estimate of drug-likeness (QED) is 0.630. The number of rotatable bonds is 7. The number of hydrogen-bond donors (Lipinski definition) is 3. The van der Waals surface area contributed by atoms with Crippen molar-refractivity contribution in [3.05, 3.63) is 24.3 Å². The second-order valence-corrected chi connectivity index (χ2v) is 8.98. The molecule has 1 aliphatic heterocycles. The van der Waals surface area contributed by atoms with Crippen LogP contribution in [0.25, 0.3) is 0 Å². The SMILES string of the molecule is CC(=O)Nc1ccc(S(=O)(=O)N[C@@H](C)C(=O)NC2CCN(C3CC3)C2)cc1. The van der Waals surface area contributed by atoms with E-state index >= 15 is 0 Å². The summed E-state index contributed by atoms with van der Waals surface area (Å²) < 4.78 is 27.4. The minimum atomic E-state index is -3.83. The molecule has 8 nitrogen and oxygen atoms in total. The Morgan fingerprint density at radius 1 is 1.15 bits per heavy atom. The standard InChI is InChI=1S/C18H26N4O4S/c1-12(18(24)20-15-9-10-22(11-15)16-5-6-16)21-27(25,26)17-7-3-14(4-8-17)19-13(2)23/h3-4,7-8,12,15-16,21H,5-6,9-11H2,1-2H3,(H,19,23)(H,20,24)/t12-,15?/m0/s1. The van der Waals surface area contributed by atoms with E-state index in [1.165, 1.54) is 51.0 Å². The van der Waals surface area contributed by atoms with Gasteiger partial charge in [-0.15, -0.1) is 0 Å². The number of hydrogen-bond acceptors (Lipinski definition) is 5. The van der Waals surface area contributed by atoms with Crippen LogP contribution in [0, 0.1) is 0 Å². The van der Waals surface area contributed by atoms with Crippen LogP contribution in [0.15, 0.2) is 29.2 Å². The molecule has 3 N–H and O–H groups in total. The Balaban J connectivity index is 1.54. The molecule has 3 rings (SSSR count). The van der Waals surface area contributed by atoms with Crippen LogP contribution in [0.5, 0.6) is 0 Å². The van der Waals surface area contributed by atoms with Gasteiger partial charge in [-0.3, -0.25) is 14.5 Å². The third kappa shape index (κ3) is 5.27. The molecule has 9 heteroatoms. The molecule has 1 heterocycles. The van der Waals surface area contributed by atoms with Crippen LogP contribution in [0.4, 0.5) is 5.69 Å². The summed E-state index contributed by atoms with van der Waals surface area (Å²) in [6.45, 7) is 4.73. The number of likely N-dealkylation sites (tertiary alicyclic amines) is 1. The summed E-state index contributed by atoms with van der Waals surface area (Å²) in [5, 5.41) is 5.52. The molecular formula is C18H26N4O4S. The first-order valence-corrected chi connectivity index (χ1v) is 10.7. The molecule has 2 fully saturated rings. The number of sulfonamides is 1. The lowest BCUT2D eigenvalue weighted by molar-refractivity contribution is -0.123. The number of anilines is 1. The third-order valence-corrected chi connectivity index (χ3v) is 6.40. The molecule has 0 bridgehead atoms. The molecule has 1 saturated heterocycles. The molecule has 1 saturated carbocycles. The maximum Gasteiger partial charge on any atom is 0.241 e. The van der Waals surface area contributed by atoms with Crippen molar-refractivity contribution in [1.29, 1.82) is 0 Å². The van der Waals surface area contributed by atoms with Crippen molar-refractivity contribution in [3.8, 4) is 0 Å². The molecule has 0 aromatic heterocycles. The predicted molar refractivity (Wildman–Crippen MR) is 102 cm³/mol. The Labute approximate surface area is 159 Å². The van der Waals surface area contributed by atoms with E-state index in [-0.39, 0.29) is 22.8 Å². The van der Waals surface area contributed by atoms with E-state index in [0.29, 0.717) is 11.7 Å². The first kappa shape index (κ1) is 19.8. The molecule has 2 aliphatic rings. The summed E-state index contributed by atoms with van der Waals surface area (Å²) in [7, 11) is -3.83. The van der Waals surface area contributed by atoms with Gasteiger partial charge >= 0.3 is 0 Å². The molecule has 1 aliphatic carbocycles. The van der Waals surface area contributed by atoms with Gasteiger partial charge in [0.05, 0.1) is 10.9 Å². The fourth-order valence-electron chi connectivity index (χ4n) is 3.28. The van der Waals surface area contributed by atoms with Gasteiger partial charge in [0.1, 0.15) is 0 Å². The number of amides is 2. The summed E-state index contributed by atoms with van der Waals surface area (Å²) in [5.74, 6) is -0.558. The molecular weight excluding hydrogens is 368 g/mol. The topological polar surface area (TPSA) is 108 Å². The van der Waals surface area contributed by atoms with E-state index in [2.05, 4.69) is 20.3 Å². The monoisotopic (exact) mass is 394 g/mol. The maximum atomic E-state index is 12.5. The highest BCUT2D eigenvalue weighted by molar-refractivity contribution is 7.89. The van der Waals surface area contributed by atoms with Crippen LogP contribution in [0.3, 0.4) is 0 Å². The summed E-state index contributed by atoms with van der Waals surface area (Å²) in [6.07, 6.45) is 3.36. The molecule has 1 unspecified atom stereocenters. The molecule has 2 amide bonds. The molecule has 27 heavy (non-hydrogen) atoms. The average Bonchev–Trinajstić information content (AvgIpc) is 3.34. The van der Waals surface area contributed by atoms with Crippen molar-refractivity contribution in [1.82, 2.24) is 14.9 Å². The second kappa shape index (κ2) is 7.95. The van der Waals surface area contributed by atoms with Crippen molar-refractivity contribution >= 4 is 27.5 Å². The summed E-state index contributed by atoms with van der Waals surface area (Å²) in [4.78, 5) is 25.8. The highest BCUT2D eigenvalue weighted by Gasteiger charge is 2.35. The first-order chi connectivity index (χ1) is 12.7. The second-order valence-electron chi connectivity index (χ2n) is 7.27. The van der Waals surface area contributed by atoms with Crippen molar-refractivity contribution in [3.63, 3.8) is 0 Å². The summed E-state index contributed by atoms with van der Waals surface area (Å²) >= 11 is 0. The van der Waals surface area contributed by atoms with Gasteiger partial charge < -0.3 is 10.6 Å². The lowest BCUT2D eigenvalue weighted by Gasteiger charge is -2.19. The van der Waals surface area contributed by atoms with E-state index in [4.69, 9.17) is 0 Å². The smallest absolute Gasteiger partial charge is 0.241 e. The first-order valence-electron chi connectivity index (χ1n) is 9.19. The van der Waals surface area contributed by atoms with Crippen LogP contribution in [0.1, 0.15) is 33.1 Å². The minimum absolute atomic E-state index is 0.0389. The average molecular weight is 394 g/mol. The van der Waals surface area contributed by atoms with Gasteiger partial charge in [-0.2, -0.15) is 4.72 Å². The van der Waals surface area contributed by atoms with Crippen molar-refractivity contribution in [2.75, 3.05) is 18.4 Å². The number of carbonyl (C=O) groups is 2.